The van der Waals surface area contributed by atoms with Gasteiger partial charge in [0.2, 0.25) is 5.91 Å². The van der Waals surface area contributed by atoms with Crippen molar-refractivity contribution in [3.8, 4) is 5.75 Å². The topological polar surface area (TPSA) is 66.0 Å². The van der Waals surface area contributed by atoms with E-state index in [-0.39, 0.29) is 5.91 Å². The number of ether oxygens (including phenoxy) is 1. The Morgan fingerprint density at radius 2 is 2.11 bits per heavy atom. The van der Waals surface area contributed by atoms with Crippen LogP contribution in [0.3, 0.4) is 0 Å². The quantitative estimate of drug-likeness (QED) is 0.347. The monoisotopic (exact) mass is 388 g/mol. The minimum Gasteiger partial charge on any atom is -0.493 e. The average molecular weight is 389 g/mol. The molecule has 0 unspecified atom stereocenters. The van der Waals surface area contributed by atoms with Gasteiger partial charge in [0, 0.05) is 38.2 Å². The van der Waals surface area contributed by atoms with Crippen LogP contribution < -0.4 is 15.4 Å². The first kappa shape index (κ1) is 22.1. The van der Waals surface area contributed by atoms with Crippen molar-refractivity contribution >= 4 is 11.9 Å². The molecule has 0 radical (unpaired) electrons. The molecule has 0 saturated carbocycles. The molecule has 0 bridgehead atoms. The van der Waals surface area contributed by atoms with E-state index in [1.54, 1.807) is 0 Å². The van der Waals surface area contributed by atoms with Crippen LogP contribution in [-0.4, -0.2) is 49.6 Å². The summed E-state index contributed by atoms with van der Waals surface area (Å²) in [5.74, 6) is 2.63. The minimum atomic E-state index is 0.287. The van der Waals surface area contributed by atoms with Crippen molar-refractivity contribution < 1.29 is 9.53 Å². The number of hydrogen-bond donors (Lipinski definition) is 2. The number of para-hydroxylation sites is 1. The number of hydrogen-bond acceptors (Lipinski definition) is 3. The number of nitrogens with zero attached hydrogens (tertiary/aromatic N) is 2. The molecule has 156 valence electrons. The van der Waals surface area contributed by atoms with Gasteiger partial charge in [-0.15, -0.1) is 0 Å². The molecule has 1 aromatic rings. The maximum absolute atomic E-state index is 11.7. The summed E-state index contributed by atoms with van der Waals surface area (Å²) in [4.78, 5) is 18.3. The largest absolute Gasteiger partial charge is 0.493 e. The third-order valence-electron chi connectivity index (χ3n) is 4.75. The number of aliphatic imine (C=N–C) groups is 1. The molecular formula is C22H36N4O2. The predicted octanol–water partition coefficient (Wildman–Crippen LogP) is 3.18. The van der Waals surface area contributed by atoms with Crippen molar-refractivity contribution in [1.29, 1.82) is 0 Å². The normalized spacial score (nSPS) is 14.6. The van der Waals surface area contributed by atoms with E-state index in [1.807, 2.05) is 23.1 Å². The van der Waals surface area contributed by atoms with Gasteiger partial charge in [-0.3, -0.25) is 4.79 Å². The SMILES string of the molecule is CCNC(=NCc1ccccc1OCCC(C)C)NCCCN1CCCC1=O. The summed E-state index contributed by atoms with van der Waals surface area (Å²) < 4.78 is 5.96. The second kappa shape index (κ2) is 12.3. The number of rotatable bonds is 11. The molecule has 2 N–H and O–H groups in total. The highest BCUT2D eigenvalue weighted by Crippen LogP contribution is 2.19. The lowest BCUT2D eigenvalue weighted by atomic mass is 10.1. The molecule has 0 aliphatic carbocycles. The van der Waals surface area contributed by atoms with Crippen molar-refractivity contribution in [2.45, 2.75) is 53.0 Å². The summed E-state index contributed by atoms with van der Waals surface area (Å²) in [6, 6.07) is 8.10. The fraction of sp³-hybridized carbons (Fsp3) is 0.636. The van der Waals surface area contributed by atoms with E-state index in [0.29, 0.717) is 18.9 Å². The Bertz CT molecular complexity index is 631. The molecule has 2 rings (SSSR count). The van der Waals surface area contributed by atoms with Crippen molar-refractivity contribution in [3.05, 3.63) is 29.8 Å². The molecule has 0 aromatic heterocycles. The van der Waals surface area contributed by atoms with Crippen LogP contribution in [0.4, 0.5) is 0 Å². The Hall–Kier alpha value is -2.24. The van der Waals surface area contributed by atoms with E-state index < -0.39 is 0 Å². The molecule has 1 heterocycles. The molecule has 1 aliphatic heterocycles. The van der Waals surface area contributed by atoms with Gasteiger partial charge in [-0.25, -0.2) is 4.99 Å². The molecule has 1 saturated heterocycles. The third-order valence-corrected chi connectivity index (χ3v) is 4.75. The van der Waals surface area contributed by atoms with E-state index in [4.69, 9.17) is 9.73 Å². The Balaban J connectivity index is 1.83. The van der Waals surface area contributed by atoms with Gasteiger partial charge < -0.3 is 20.3 Å². The van der Waals surface area contributed by atoms with Crippen molar-refractivity contribution in [3.63, 3.8) is 0 Å². The molecule has 28 heavy (non-hydrogen) atoms. The lowest BCUT2D eigenvalue weighted by molar-refractivity contribution is -0.127. The standard InChI is InChI=1S/C22H36N4O2/c1-4-23-22(24-13-8-15-26-14-7-11-21(26)27)25-17-19-9-5-6-10-20(19)28-16-12-18(2)3/h5-6,9-10,18H,4,7-8,11-17H2,1-3H3,(H2,23,24,25). The van der Waals surface area contributed by atoms with Gasteiger partial charge in [0.1, 0.15) is 5.75 Å². The molecule has 1 fully saturated rings. The lowest BCUT2D eigenvalue weighted by Gasteiger charge is -2.16. The molecule has 6 nitrogen and oxygen atoms in total. The molecule has 0 atom stereocenters. The van der Waals surface area contributed by atoms with Crippen molar-refractivity contribution in [2.75, 3.05) is 32.8 Å². The number of likely N-dealkylation sites (tertiary alicyclic amines) is 1. The maximum atomic E-state index is 11.7. The van der Waals surface area contributed by atoms with Crippen LogP contribution in [0, 0.1) is 5.92 Å². The van der Waals surface area contributed by atoms with Crippen LogP contribution in [0.25, 0.3) is 0 Å². The van der Waals surface area contributed by atoms with Gasteiger partial charge >= 0.3 is 0 Å². The number of nitrogens with one attached hydrogen (secondary N) is 2. The van der Waals surface area contributed by atoms with E-state index in [0.717, 1.165) is 69.3 Å². The van der Waals surface area contributed by atoms with Crippen LogP contribution in [0.5, 0.6) is 5.75 Å². The molecular weight excluding hydrogens is 352 g/mol. The van der Waals surface area contributed by atoms with E-state index in [1.165, 1.54) is 0 Å². The highest BCUT2D eigenvalue weighted by Gasteiger charge is 2.18. The van der Waals surface area contributed by atoms with Gasteiger partial charge in [-0.1, -0.05) is 32.0 Å². The van der Waals surface area contributed by atoms with Crippen molar-refractivity contribution in [1.82, 2.24) is 15.5 Å². The summed E-state index contributed by atoms with van der Waals surface area (Å²) in [5.41, 5.74) is 1.09. The number of guanidine groups is 1. The summed E-state index contributed by atoms with van der Waals surface area (Å²) >= 11 is 0. The zero-order chi connectivity index (χ0) is 20.2. The predicted molar refractivity (Wildman–Crippen MR) is 115 cm³/mol. The Morgan fingerprint density at radius 3 is 2.82 bits per heavy atom. The number of amides is 1. The highest BCUT2D eigenvalue weighted by molar-refractivity contribution is 5.80. The molecule has 0 spiro atoms. The summed E-state index contributed by atoms with van der Waals surface area (Å²) in [5, 5.41) is 6.65. The summed E-state index contributed by atoms with van der Waals surface area (Å²) in [6.07, 6.45) is 3.66. The van der Waals surface area contributed by atoms with E-state index in [2.05, 4.69) is 37.5 Å². The van der Waals surface area contributed by atoms with Crippen LogP contribution in [0.2, 0.25) is 0 Å². The average Bonchev–Trinajstić information content (AvgIpc) is 3.08. The third kappa shape index (κ3) is 7.79. The van der Waals surface area contributed by atoms with E-state index in [9.17, 15) is 4.79 Å². The van der Waals surface area contributed by atoms with Gasteiger partial charge in [-0.05, 0) is 38.2 Å². The van der Waals surface area contributed by atoms with Gasteiger partial charge in [0.25, 0.3) is 0 Å². The van der Waals surface area contributed by atoms with E-state index >= 15 is 0 Å². The van der Waals surface area contributed by atoms with Crippen LogP contribution >= 0.6 is 0 Å². The molecule has 6 heteroatoms. The number of carbonyl (C=O) groups excluding carboxylic acids is 1. The number of benzene rings is 1. The first-order valence-corrected chi connectivity index (χ1v) is 10.6. The van der Waals surface area contributed by atoms with Gasteiger partial charge in [0.05, 0.1) is 13.2 Å². The highest BCUT2D eigenvalue weighted by atomic mass is 16.5. The Labute approximate surface area is 169 Å². The number of carbonyl (C=O) groups is 1. The second-order valence-electron chi connectivity index (χ2n) is 7.60. The smallest absolute Gasteiger partial charge is 0.222 e. The summed E-state index contributed by atoms with van der Waals surface area (Å²) in [6.45, 7) is 11.1. The fourth-order valence-corrected chi connectivity index (χ4v) is 3.10. The molecule has 1 amide bonds. The van der Waals surface area contributed by atoms with Crippen molar-refractivity contribution in [2.24, 2.45) is 10.9 Å². The summed E-state index contributed by atoms with van der Waals surface area (Å²) in [7, 11) is 0. The zero-order valence-electron chi connectivity index (χ0n) is 17.7. The minimum absolute atomic E-state index is 0.287. The van der Waals surface area contributed by atoms with Crippen LogP contribution in [0.15, 0.2) is 29.3 Å². The molecule has 1 aromatic carbocycles. The van der Waals surface area contributed by atoms with Gasteiger partial charge in [0.15, 0.2) is 5.96 Å². The van der Waals surface area contributed by atoms with Gasteiger partial charge in [-0.2, -0.15) is 0 Å². The Morgan fingerprint density at radius 1 is 1.29 bits per heavy atom. The van der Waals surface area contributed by atoms with Crippen LogP contribution in [-0.2, 0) is 11.3 Å². The fourth-order valence-electron chi connectivity index (χ4n) is 3.10. The Kier molecular flexibility index (Phi) is 9.66. The zero-order valence-corrected chi connectivity index (χ0v) is 17.7. The first-order chi connectivity index (χ1) is 13.6. The first-order valence-electron chi connectivity index (χ1n) is 10.6. The molecule has 1 aliphatic rings. The maximum Gasteiger partial charge on any atom is 0.222 e. The second-order valence-corrected chi connectivity index (χ2v) is 7.60. The van der Waals surface area contributed by atoms with Crippen LogP contribution in [0.1, 0.15) is 52.0 Å². The lowest BCUT2D eigenvalue weighted by Crippen LogP contribution is -2.39.